The van der Waals surface area contributed by atoms with Crippen LogP contribution in [0.3, 0.4) is 0 Å². The van der Waals surface area contributed by atoms with Crippen molar-refractivity contribution in [3.05, 3.63) is 59.5 Å². The molecule has 0 aliphatic carbocycles. The van der Waals surface area contributed by atoms with E-state index >= 15 is 0 Å². The Labute approximate surface area is 186 Å². The number of aromatic nitrogens is 4. The lowest BCUT2D eigenvalue weighted by Crippen LogP contribution is -2.21. The molecule has 1 aromatic carbocycles. The highest BCUT2D eigenvalue weighted by Gasteiger charge is 2.16. The van der Waals surface area contributed by atoms with E-state index in [1.807, 2.05) is 31.7 Å². The van der Waals surface area contributed by atoms with Crippen LogP contribution < -0.4 is 5.32 Å². The first kappa shape index (κ1) is 20.9. The van der Waals surface area contributed by atoms with Crippen LogP contribution in [-0.4, -0.2) is 44.2 Å². The molecule has 0 unspecified atom stereocenters. The standard InChI is InChI=1S/C23H25ClN6O/c1-14(2)30-20(17-12-26-29(5)13-17)9-16-11-25-22(10-21(16)30)27-19-7-6-15(8-18(19)24)23(31)28(3)4/h6-14H,1-5H3,(H,25,27). The van der Waals surface area contributed by atoms with Crippen molar-refractivity contribution in [1.82, 2.24) is 24.2 Å². The minimum atomic E-state index is -0.0920. The quantitative estimate of drug-likeness (QED) is 0.471. The van der Waals surface area contributed by atoms with Crippen LogP contribution in [0.4, 0.5) is 11.5 Å². The molecule has 3 heterocycles. The van der Waals surface area contributed by atoms with E-state index in [1.54, 1.807) is 37.0 Å². The first-order valence-electron chi connectivity index (χ1n) is 10.0. The third kappa shape index (κ3) is 4.01. The number of anilines is 2. The molecule has 0 aliphatic rings. The van der Waals surface area contributed by atoms with Gasteiger partial charge in [-0.3, -0.25) is 9.48 Å². The highest BCUT2D eigenvalue weighted by molar-refractivity contribution is 6.33. The minimum Gasteiger partial charge on any atom is -0.345 e. The Morgan fingerprint density at radius 3 is 2.55 bits per heavy atom. The Morgan fingerprint density at radius 1 is 1.16 bits per heavy atom. The summed E-state index contributed by atoms with van der Waals surface area (Å²) < 4.78 is 4.08. The SMILES string of the molecule is CC(C)n1c(-c2cnn(C)c2)cc2cnc(Nc3ccc(C(=O)N(C)C)cc3Cl)cc21. The van der Waals surface area contributed by atoms with Gasteiger partial charge in [0.1, 0.15) is 5.82 Å². The molecule has 31 heavy (non-hydrogen) atoms. The first-order valence-corrected chi connectivity index (χ1v) is 10.4. The molecule has 1 amide bonds. The predicted octanol–water partition coefficient (Wildman–Crippen LogP) is 5.12. The highest BCUT2D eigenvalue weighted by atomic mass is 35.5. The average Bonchev–Trinajstić information content (AvgIpc) is 3.31. The van der Waals surface area contributed by atoms with Crippen LogP contribution in [-0.2, 0) is 7.05 Å². The second kappa shape index (κ2) is 8.07. The second-order valence-corrected chi connectivity index (χ2v) is 8.45. The summed E-state index contributed by atoms with van der Waals surface area (Å²) in [5.41, 5.74) is 4.47. The third-order valence-corrected chi connectivity index (χ3v) is 5.44. The smallest absolute Gasteiger partial charge is 0.253 e. The van der Waals surface area contributed by atoms with Crippen molar-refractivity contribution in [3.8, 4) is 11.3 Å². The van der Waals surface area contributed by atoms with Crippen molar-refractivity contribution in [2.24, 2.45) is 7.05 Å². The molecule has 1 N–H and O–H groups in total. The van der Waals surface area contributed by atoms with Crippen molar-refractivity contribution in [3.63, 3.8) is 0 Å². The molecular formula is C23H25ClN6O. The Morgan fingerprint density at radius 2 is 1.94 bits per heavy atom. The fourth-order valence-corrected chi connectivity index (χ4v) is 3.90. The second-order valence-electron chi connectivity index (χ2n) is 8.04. The van der Waals surface area contributed by atoms with Crippen LogP contribution >= 0.6 is 11.6 Å². The molecule has 0 saturated heterocycles. The molecule has 0 saturated carbocycles. The van der Waals surface area contributed by atoms with Gasteiger partial charge in [0.25, 0.3) is 5.91 Å². The van der Waals surface area contributed by atoms with Crippen LogP contribution in [0.2, 0.25) is 5.02 Å². The number of halogens is 1. The summed E-state index contributed by atoms with van der Waals surface area (Å²) >= 11 is 6.44. The van der Waals surface area contributed by atoms with Gasteiger partial charge in [0.2, 0.25) is 0 Å². The topological polar surface area (TPSA) is 68.0 Å². The molecule has 8 heteroatoms. The van der Waals surface area contributed by atoms with E-state index in [0.717, 1.165) is 22.2 Å². The third-order valence-electron chi connectivity index (χ3n) is 5.13. The molecule has 0 aliphatic heterocycles. The van der Waals surface area contributed by atoms with E-state index in [2.05, 4.69) is 39.9 Å². The fourth-order valence-electron chi connectivity index (χ4n) is 3.67. The molecule has 0 radical (unpaired) electrons. The molecule has 0 fully saturated rings. The number of fused-ring (bicyclic) bond motifs is 1. The lowest BCUT2D eigenvalue weighted by molar-refractivity contribution is 0.0827. The molecule has 0 bridgehead atoms. The van der Waals surface area contributed by atoms with Gasteiger partial charge in [-0.15, -0.1) is 0 Å². The van der Waals surface area contributed by atoms with Gasteiger partial charge >= 0.3 is 0 Å². The number of pyridine rings is 1. The lowest BCUT2D eigenvalue weighted by atomic mass is 10.2. The van der Waals surface area contributed by atoms with Gasteiger partial charge in [0.05, 0.1) is 28.1 Å². The number of benzene rings is 1. The van der Waals surface area contributed by atoms with Crippen molar-refractivity contribution < 1.29 is 4.79 Å². The Bertz CT molecular complexity index is 1270. The van der Waals surface area contributed by atoms with Crippen LogP contribution in [0.1, 0.15) is 30.2 Å². The average molecular weight is 437 g/mol. The number of nitrogens with one attached hydrogen (secondary N) is 1. The monoisotopic (exact) mass is 436 g/mol. The van der Waals surface area contributed by atoms with Crippen molar-refractivity contribution in [1.29, 1.82) is 0 Å². The Balaban J connectivity index is 1.71. The lowest BCUT2D eigenvalue weighted by Gasteiger charge is -2.15. The van der Waals surface area contributed by atoms with Gasteiger partial charge in [-0.1, -0.05) is 11.6 Å². The minimum absolute atomic E-state index is 0.0920. The van der Waals surface area contributed by atoms with E-state index in [1.165, 1.54) is 4.90 Å². The number of amides is 1. The number of hydrogen-bond donors (Lipinski definition) is 1. The summed E-state index contributed by atoms with van der Waals surface area (Å²) in [6.45, 7) is 4.31. The largest absolute Gasteiger partial charge is 0.345 e. The molecule has 4 rings (SSSR count). The normalized spacial score (nSPS) is 11.3. The van der Waals surface area contributed by atoms with Crippen LogP contribution in [0.5, 0.6) is 0 Å². The number of aryl methyl sites for hydroxylation is 1. The van der Waals surface area contributed by atoms with E-state index in [9.17, 15) is 4.79 Å². The van der Waals surface area contributed by atoms with Gasteiger partial charge in [0, 0.05) is 62.2 Å². The first-order chi connectivity index (χ1) is 14.7. The van der Waals surface area contributed by atoms with E-state index < -0.39 is 0 Å². The van der Waals surface area contributed by atoms with Crippen molar-refractivity contribution >= 4 is 39.9 Å². The van der Waals surface area contributed by atoms with Gasteiger partial charge < -0.3 is 14.8 Å². The summed E-state index contributed by atoms with van der Waals surface area (Å²) in [6, 6.07) is 9.63. The summed E-state index contributed by atoms with van der Waals surface area (Å²) in [4.78, 5) is 18.2. The maximum Gasteiger partial charge on any atom is 0.253 e. The van der Waals surface area contributed by atoms with E-state index in [0.29, 0.717) is 22.1 Å². The van der Waals surface area contributed by atoms with Gasteiger partial charge in [0.15, 0.2) is 0 Å². The number of hydrogen-bond acceptors (Lipinski definition) is 4. The summed E-state index contributed by atoms with van der Waals surface area (Å²) in [7, 11) is 5.34. The zero-order valence-electron chi connectivity index (χ0n) is 18.2. The van der Waals surface area contributed by atoms with Crippen LogP contribution in [0, 0.1) is 0 Å². The zero-order valence-corrected chi connectivity index (χ0v) is 19.0. The summed E-state index contributed by atoms with van der Waals surface area (Å²) in [5.74, 6) is 0.588. The molecular weight excluding hydrogens is 412 g/mol. The molecule has 160 valence electrons. The van der Waals surface area contributed by atoms with E-state index in [4.69, 9.17) is 11.6 Å². The molecule has 4 aromatic rings. The van der Waals surface area contributed by atoms with Crippen molar-refractivity contribution in [2.45, 2.75) is 19.9 Å². The van der Waals surface area contributed by atoms with Crippen LogP contribution in [0.25, 0.3) is 22.2 Å². The Hall–Kier alpha value is -3.32. The van der Waals surface area contributed by atoms with Crippen molar-refractivity contribution in [2.75, 3.05) is 19.4 Å². The number of carbonyl (C=O) groups excluding carboxylic acids is 1. The highest BCUT2D eigenvalue weighted by Crippen LogP contribution is 2.33. The fraction of sp³-hybridized carbons (Fsp3) is 0.261. The number of nitrogens with zero attached hydrogens (tertiary/aromatic N) is 5. The maximum atomic E-state index is 12.2. The maximum absolute atomic E-state index is 12.2. The van der Waals surface area contributed by atoms with Gasteiger partial charge in [-0.25, -0.2) is 4.98 Å². The zero-order chi connectivity index (χ0) is 22.3. The molecule has 0 atom stereocenters. The van der Waals surface area contributed by atoms with Gasteiger partial charge in [-0.2, -0.15) is 5.10 Å². The summed E-state index contributed by atoms with van der Waals surface area (Å²) in [6.07, 6.45) is 5.74. The molecule has 0 spiro atoms. The number of carbonyl (C=O) groups is 1. The van der Waals surface area contributed by atoms with Gasteiger partial charge in [-0.05, 0) is 38.1 Å². The van der Waals surface area contributed by atoms with E-state index in [-0.39, 0.29) is 11.9 Å². The molecule has 7 nitrogen and oxygen atoms in total. The number of rotatable bonds is 5. The molecule has 3 aromatic heterocycles. The Kier molecular flexibility index (Phi) is 5.45. The predicted molar refractivity (Wildman–Crippen MR) is 125 cm³/mol. The summed E-state index contributed by atoms with van der Waals surface area (Å²) in [5, 5.41) is 9.11. The van der Waals surface area contributed by atoms with Crippen LogP contribution in [0.15, 0.2) is 48.9 Å².